The Bertz CT molecular complexity index is 729. The third kappa shape index (κ3) is 2.20. The number of benzene rings is 1. The van der Waals surface area contributed by atoms with E-state index in [2.05, 4.69) is 20.4 Å². The number of rotatable bonds is 3. The summed E-state index contributed by atoms with van der Waals surface area (Å²) in [5.41, 5.74) is 1.54. The molecule has 0 aliphatic rings. The number of carbonyl (C=O) groups excluding carboxylic acids is 1. The van der Waals surface area contributed by atoms with Gasteiger partial charge in [0, 0.05) is 17.1 Å². The first-order valence-corrected chi connectivity index (χ1v) is 5.87. The van der Waals surface area contributed by atoms with E-state index < -0.39 is 0 Å². The van der Waals surface area contributed by atoms with Gasteiger partial charge in [0.15, 0.2) is 5.82 Å². The van der Waals surface area contributed by atoms with Crippen molar-refractivity contribution in [3.05, 3.63) is 47.7 Å². The highest BCUT2D eigenvalue weighted by molar-refractivity contribution is 6.06. The molecule has 3 rings (SSSR count). The third-order valence-corrected chi connectivity index (χ3v) is 2.80. The van der Waals surface area contributed by atoms with Gasteiger partial charge in [0.25, 0.3) is 5.91 Å². The number of H-pyrrole nitrogens is 1. The Balaban J connectivity index is 1.77. The Morgan fingerprint density at radius 3 is 3.05 bits per heavy atom. The van der Waals surface area contributed by atoms with Crippen LogP contribution in [-0.4, -0.2) is 21.0 Å². The number of amides is 1. The van der Waals surface area contributed by atoms with Crippen molar-refractivity contribution < 1.29 is 9.32 Å². The fourth-order valence-corrected chi connectivity index (χ4v) is 1.92. The Kier molecular flexibility index (Phi) is 2.75. The number of aryl methyl sites for hydroxylation is 1. The maximum Gasteiger partial charge on any atom is 0.253 e. The van der Waals surface area contributed by atoms with Gasteiger partial charge in [-0.3, -0.25) is 4.79 Å². The van der Waals surface area contributed by atoms with E-state index in [1.54, 1.807) is 13.1 Å². The predicted molar refractivity (Wildman–Crippen MR) is 68.5 cm³/mol. The number of para-hydroxylation sites is 1. The zero-order chi connectivity index (χ0) is 13.2. The van der Waals surface area contributed by atoms with Crippen molar-refractivity contribution >= 4 is 16.8 Å². The van der Waals surface area contributed by atoms with Gasteiger partial charge in [-0.2, -0.15) is 4.98 Å². The second-order valence-corrected chi connectivity index (χ2v) is 4.17. The van der Waals surface area contributed by atoms with Crippen LogP contribution in [0.3, 0.4) is 0 Å². The van der Waals surface area contributed by atoms with Gasteiger partial charge in [-0.15, -0.1) is 0 Å². The second-order valence-electron chi connectivity index (χ2n) is 4.17. The zero-order valence-electron chi connectivity index (χ0n) is 10.3. The molecule has 0 saturated heterocycles. The molecule has 0 atom stereocenters. The fourth-order valence-electron chi connectivity index (χ4n) is 1.92. The van der Waals surface area contributed by atoms with Crippen LogP contribution in [0.25, 0.3) is 10.9 Å². The molecule has 2 aromatic heterocycles. The fraction of sp³-hybridized carbons (Fsp3) is 0.154. The number of nitrogens with one attached hydrogen (secondary N) is 2. The van der Waals surface area contributed by atoms with Gasteiger partial charge in [0.05, 0.1) is 12.1 Å². The first-order valence-electron chi connectivity index (χ1n) is 5.87. The van der Waals surface area contributed by atoms with Crippen LogP contribution in [-0.2, 0) is 6.54 Å². The average molecular weight is 256 g/mol. The summed E-state index contributed by atoms with van der Waals surface area (Å²) in [7, 11) is 0. The topological polar surface area (TPSA) is 83.8 Å². The quantitative estimate of drug-likeness (QED) is 0.748. The van der Waals surface area contributed by atoms with Gasteiger partial charge in [-0.05, 0) is 13.0 Å². The average Bonchev–Trinajstić information content (AvgIpc) is 3.02. The van der Waals surface area contributed by atoms with Crippen molar-refractivity contribution in [2.75, 3.05) is 0 Å². The van der Waals surface area contributed by atoms with Gasteiger partial charge in [0.1, 0.15) is 0 Å². The van der Waals surface area contributed by atoms with Crippen LogP contribution in [0.15, 0.2) is 35.0 Å². The smallest absolute Gasteiger partial charge is 0.253 e. The zero-order valence-corrected chi connectivity index (χ0v) is 10.3. The normalized spacial score (nSPS) is 10.8. The molecule has 19 heavy (non-hydrogen) atoms. The molecule has 3 aromatic rings. The summed E-state index contributed by atoms with van der Waals surface area (Å²) < 4.78 is 4.94. The van der Waals surface area contributed by atoms with Gasteiger partial charge >= 0.3 is 0 Å². The van der Waals surface area contributed by atoms with Crippen LogP contribution >= 0.6 is 0 Å². The first kappa shape index (κ1) is 11.5. The molecule has 6 heteroatoms. The lowest BCUT2D eigenvalue weighted by Crippen LogP contribution is -2.22. The van der Waals surface area contributed by atoms with Gasteiger partial charge < -0.3 is 14.8 Å². The van der Waals surface area contributed by atoms with Crippen molar-refractivity contribution in [1.82, 2.24) is 20.4 Å². The van der Waals surface area contributed by atoms with Crippen molar-refractivity contribution in [3.8, 4) is 0 Å². The van der Waals surface area contributed by atoms with E-state index in [0.717, 1.165) is 10.9 Å². The van der Waals surface area contributed by atoms with E-state index in [9.17, 15) is 4.79 Å². The molecular formula is C13H12N4O2. The minimum atomic E-state index is -0.173. The van der Waals surface area contributed by atoms with E-state index in [-0.39, 0.29) is 12.5 Å². The van der Waals surface area contributed by atoms with E-state index in [0.29, 0.717) is 17.3 Å². The summed E-state index contributed by atoms with van der Waals surface area (Å²) in [5.74, 6) is 0.773. The lowest BCUT2D eigenvalue weighted by atomic mass is 10.1. The molecular weight excluding hydrogens is 244 g/mol. The predicted octanol–water partition coefficient (Wildman–Crippen LogP) is 1.79. The number of nitrogens with zero attached hydrogens (tertiary/aromatic N) is 2. The molecule has 1 amide bonds. The minimum Gasteiger partial charge on any atom is -0.360 e. The van der Waals surface area contributed by atoms with Crippen LogP contribution in [0.1, 0.15) is 22.1 Å². The van der Waals surface area contributed by atoms with Crippen LogP contribution < -0.4 is 5.32 Å². The Hall–Kier alpha value is -2.63. The number of fused-ring (bicyclic) bond motifs is 1. The van der Waals surface area contributed by atoms with Gasteiger partial charge in [0.2, 0.25) is 5.89 Å². The van der Waals surface area contributed by atoms with E-state index in [1.165, 1.54) is 0 Å². The Morgan fingerprint density at radius 2 is 2.26 bits per heavy atom. The van der Waals surface area contributed by atoms with E-state index in [4.69, 9.17) is 4.52 Å². The molecule has 2 N–H and O–H groups in total. The summed E-state index contributed by atoms with van der Waals surface area (Å²) in [4.78, 5) is 19.2. The molecule has 1 aromatic carbocycles. The molecule has 2 heterocycles. The lowest BCUT2D eigenvalue weighted by molar-refractivity contribution is 0.0948. The summed E-state index contributed by atoms with van der Waals surface area (Å²) in [5, 5.41) is 7.31. The highest BCUT2D eigenvalue weighted by atomic mass is 16.5. The molecule has 0 spiro atoms. The number of hydrogen-bond acceptors (Lipinski definition) is 4. The molecule has 0 radical (unpaired) electrons. The maximum absolute atomic E-state index is 12.1. The van der Waals surface area contributed by atoms with Crippen molar-refractivity contribution in [3.63, 3.8) is 0 Å². The highest BCUT2D eigenvalue weighted by Gasteiger charge is 2.12. The largest absolute Gasteiger partial charge is 0.360 e. The summed E-state index contributed by atoms with van der Waals surface area (Å²) in [6.07, 6.45) is 1.69. The van der Waals surface area contributed by atoms with Crippen LogP contribution in [0.4, 0.5) is 0 Å². The molecule has 0 aliphatic carbocycles. The number of aromatic amines is 1. The van der Waals surface area contributed by atoms with Crippen LogP contribution in [0, 0.1) is 6.92 Å². The van der Waals surface area contributed by atoms with Crippen LogP contribution in [0.5, 0.6) is 0 Å². The maximum atomic E-state index is 12.1. The van der Waals surface area contributed by atoms with Gasteiger partial charge in [-0.25, -0.2) is 0 Å². The minimum absolute atomic E-state index is 0.173. The highest BCUT2D eigenvalue weighted by Crippen LogP contribution is 2.17. The number of carbonyl (C=O) groups is 1. The Labute approximate surface area is 108 Å². The summed E-state index contributed by atoms with van der Waals surface area (Å²) in [6.45, 7) is 1.95. The van der Waals surface area contributed by atoms with Crippen molar-refractivity contribution in [2.45, 2.75) is 13.5 Å². The lowest BCUT2D eigenvalue weighted by Gasteiger charge is -2.00. The molecule has 0 fully saturated rings. The molecule has 0 unspecified atom stereocenters. The standard InChI is InChI=1S/C13H12N4O2/c1-8-16-12(19-17-8)7-15-13(18)10-6-14-11-5-3-2-4-9(10)11/h2-6,14H,7H2,1H3,(H,15,18). The van der Waals surface area contributed by atoms with Crippen molar-refractivity contribution in [2.24, 2.45) is 0 Å². The molecule has 96 valence electrons. The van der Waals surface area contributed by atoms with E-state index in [1.807, 2.05) is 24.3 Å². The number of aromatic nitrogens is 3. The molecule has 0 aliphatic heterocycles. The summed E-state index contributed by atoms with van der Waals surface area (Å²) >= 11 is 0. The monoisotopic (exact) mass is 256 g/mol. The van der Waals surface area contributed by atoms with Crippen LogP contribution in [0.2, 0.25) is 0 Å². The van der Waals surface area contributed by atoms with Crippen molar-refractivity contribution in [1.29, 1.82) is 0 Å². The van der Waals surface area contributed by atoms with E-state index >= 15 is 0 Å². The number of hydrogen-bond donors (Lipinski definition) is 2. The van der Waals surface area contributed by atoms with Gasteiger partial charge in [-0.1, -0.05) is 23.4 Å². The summed E-state index contributed by atoms with van der Waals surface area (Å²) in [6, 6.07) is 7.64. The second kappa shape index (κ2) is 4.56. The SMILES string of the molecule is Cc1noc(CNC(=O)c2c[nH]c3ccccc23)n1. The molecule has 0 saturated carbocycles. The first-order chi connectivity index (χ1) is 9.24. The Morgan fingerprint density at radius 1 is 1.42 bits per heavy atom. The molecule has 6 nitrogen and oxygen atoms in total. The molecule has 0 bridgehead atoms. The third-order valence-electron chi connectivity index (χ3n) is 2.80.